The fourth-order valence-corrected chi connectivity index (χ4v) is 1.95. The molecule has 4 heteroatoms. The molecule has 0 aliphatic rings. The summed E-state index contributed by atoms with van der Waals surface area (Å²) in [7, 11) is 0. The maximum absolute atomic E-state index is 9.39. The van der Waals surface area contributed by atoms with E-state index in [1.165, 1.54) is 0 Å². The van der Waals surface area contributed by atoms with Crippen molar-refractivity contribution in [2.75, 3.05) is 0 Å². The highest BCUT2D eigenvalue weighted by atomic mass is 35.5. The molecule has 0 aliphatic carbocycles. The first-order valence-corrected chi connectivity index (χ1v) is 7.25. The average molecular weight is 304 g/mol. The molecule has 0 saturated carbocycles. The minimum Gasteiger partial charge on any atom is -0.508 e. The van der Waals surface area contributed by atoms with Gasteiger partial charge in [0, 0.05) is 12.3 Å². The zero-order valence-corrected chi connectivity index (χ0v) is 12.8. The number of rotatable bonds is 5. The summed E-state index contributed by atoms with van der Waals surface area (Å²) in [5.74, 6) is 0.875. The van der Waals surface area contributed by atoms with Gasteiger partial charge in [-0.2, -0.15) is 0 Å². The molecule has 2 aromatic carbocycles. The minimum atomic E-state index is 0.134. The van der Waals surface area contributed by atoms with E-state index in [1.54, 1.807) is 24.4 Å². The standard InChI is InChI=1S/C17H18ClNO2/c1-3-12(2)21-17-8-7-13(9-16(17)18)11-19-14-5-4-6-15(20)10-14/h4-12,20H,3H2,1-2H3/t12-/m0/s1. The van der Waals surface area contributed by atoms with E-state index in [4.69, 9.17) is 16.3 Å². The summed E-state index contributed by atoms with van der Waals surface area (Å²) in [6, 6.07) is 12.3. The number of aliphatic imine (C=N–C) groups is 1. The van der Waals surface area contributed by atoms with Gasteiger partial charge in [-0.05, 0) is 49.2 Å². The van der Waals surface area contributed by atoms with Crippen LogP contribution in [0.3, 0.4) is 0 Å². The maximum atomic E-state index is 9.39. The smallest absolute Gasteiger partial charge is 0.138 e. The lowest BCUT2D eigenvalue weighted by molar-refractivity contribution is 0.217. The van der Waals surface area contributed by atoms with Crippen LogP contribution in [0, 0.1) is 0 Å². The van der Waals surface area contributed by atoms with Crippen LogP contribution < -0.4 is 4.74 Å². The van der Waals surface area contributed by atoms with E-state index in [9.17, 15) is 5.11 Å². The largest absolute Gasteiger partial charge is 0.508 e. The molecular formula is C17H18ClNO2. The van der Waals surface area contributed by atoms with E-state index < -0.39 is 0 Å². The molecule has 3 nitrogen and oxygen atoms in total. The fraction of sp³-hybridized carbons (Fsp3) is 0.235. The molecule has 0 aliphatic heterocycles. The third kappa shape index (κ3) is 4.50. The first-order chi connectivity index (χ1) is 10.1. The molecule has 0 amide bonds. The Bertz CT molecular complexity index is 640. The van der Waals surface area contributed by atoms with Gasteiger partial charge in [-0.15, -0.1) is 0 Å². The molecule has 0 heterocycles. The van der Waals surface area contributed by atoms with Crippen LogP contribution in [0.5, 0.6) is 11.5 Å². The summed E-state index contributed by atoms with van der Waals surface area (Å²) in [6.07, 6.45) is 2.76. The molecule has 0 saturated heterocycles. The quantitative estimate of drug-likeness (QED) is 0.792. The lowest BCUT2D eigenvalue weighted by Gasteiger charge is -2.13. The first-order valence-electron chi connectivity index (χ1n) is 6.88. The maximum Gasteiger partial charge on any atom is 0.138 e. The van der Waals surface area contributed by atoms with Crippen LogP contribution in [0.2, 0.25) is 5.02 Å². The van der Waals surface area contributed by atoms with Crippen molar-refractivity contribution in [3.63, 3.8) is 0 Å². The number of halogens is 1. The third-order valence-corrected chi connectivity index (χ3v) is 3.35. The zero-order chi connectivity index (χ0) is 15.2. The van der Waals surface area contributed by atoms with E-state index in [0.29, 0.717) is 16.5 Å². The lowest BCUT2D eigenvalue weighted by Crippen LogP contribution is -2.09. The van der Waals surface area contributed by atoms with Crippen molar-refractivity contribution in [1.29, 1.82) is 0 Å². The number of benzene rings is 2. The van der Waals surface area contributed by atoms with E-state index >= 15 is 0 Å². The number of hydrogen-bond donors (Lipinski definition) is 1. The van der Waals surface area contributed by atoms with Gasteiger partial charge in [-0.3, -0.25) is 4.99 Å². The Morgan fingerprint density at radius 1 is 1.29 bits per heavy atom. The monoisotopic (exact) mass is 303 g/mol. The fourth-order valence-electron chi connectivity index (χ4n) is 1.72. The molecule has 110 valence electrons. The number of phenols is 1. The van der Waals surface area contributed by atoms with Crippen molar-refractivity contribution in [3.05, 3.63) is 53.1 Å². The molecular weight excluding hydrogens is 286 g/mol. The van der Waals surface area contributed by atoms with Gasteiger partial charge in [0.15, 0.2) is 0 Å². The predicted molar refractivity (Wildman–Crippen MR) is 87.2 cm³/mol. The van der Waals surface area contributed by atoms with Gasteiger partial charge >= 0.3 is 0 Å². The number of hydrogen-bond acceptors (Lipinski definition) is 3. The Morgan fingerprint density at radius 3 is 2.76 bits per heavy atom. The number of ether oxygens (including phenoxy) is 1. The van der Waals surface area contributed by atoms with E-state index in [1.807, 2.05) is 31.2 Å². The third-order valence-electron chi connectivity index (χ3n) is 3.05. The molecule has 21 heavy (non-hydrogen) atoms. The van der Waals surface area contributed by atoms with Crippen LogP contribution in [0.25, 0.3) is 0 Å². The van der Waals surface area contributed by atoms with Crippen molar-refractivity contribution in [1.82, 2.24) is 0 Å². The van der Waals surface area contributed by atoms with E-state index in [-0.39, 0.29) is 11.9 Å². The summed E-state index contributed by atoms with van der Waals surface area (Å²) in [4.78, 5) is 4.30. The summed E-state index contributed by atoms with van der Waals surface area (Å²) >= 11 is 6.21. The van der Waals surface area contributed by atoms with Crippen LogP contribution in [-0.2, 0) is 0 Å². The molecule has 2 rings (SSSR count). The van der Waals surface area contributed by atoms with Gasteiger partial charge in [-0.25, -0.2) is 0 Å². The normalized spacial score (nSPS) is 12.5. The van der Waals surface area contributed by atoms with E-state index in [2.05, 4.69) is 11.9 Å². The highest BCUT2D eigenvalue weighted by Crippen LogP contribution is 2.26. The molecule has 0 bridgehead atoms. The second-order valence-corrected chi connectivity index (χ2v) is 5.21. The molecule has 1 atom stereocenters. The van der Waals surface area contributed by atoms with Crippen LogP contribution in [-0.4, -0.2) is 17.4 Å². The Hall–Kier alpha value is -2.00. The highest BCUT2D eigenvalue weighted by molar-refractivity contribution is 6.32. The van der Waals surface area contributed by atoms with Crippen molar-refractivity contribution >= 4 is 23.5 Å². The Morgan fingerprint density at radius 2 is 2.10 bits per heavy atom. The molecule has 0 unspecified atom stereocenters. The second kappa shape index (κ2) is 7.14. The molecule has 0 spiro atoms. The van der Waals surface area contributed by atoms with E-state index in [0.717, 1.165) is 12.0 Å². The zero-order valence-electron chi connectivity index (χ0n) is 12.1. The molecule has 0 aromatic heterocycles. The van der Waals surface area contributed by atoms with Crippen LogP contribution in [0.1, 0.15) is 25.8 Å². The molecule has 1 N–H and O–H groups in total. The molecule has 2 aromatic rings. The van der Waals surface area contributed by atoms with Gasteiger partial charge in [0.05, 0.1) is 16.8 Å². The van der Waals surface area contributed by atoms with Crippen molar-refractivity contribution in [2.24, 2.45) is 4.99 Å². The summed E-state index contributed by atoms with van der Waals surface area (Å²) in [6.45, 7) is 4.07. The molecule has 0 radical (unpaired) electrons. The topological polar surface area (TPSA) is 41.8 Å². The van der Waals surface area contributed by atoms with Gasteiger partial charge in [-0.1, -0.05) is 24.6 Å². The van der Waals surface area contributed by atoms with Crippen LogP contribution in [0.15, 0.2) is 47.5 Å². The Balaban J connectivity index is 2.13. The van der Waals surface area contributed by atoms with Gasteiger partial charge in [0.25, 0.3) is 0 Å². The summed E-state index contributed by atoms with van der Waals surface area (Å²) in [5.41, 5.74) is 1.56. The minimum absolute atomic E-state index is 0.134. The Labute approximate surface area is 129 Å². The SMILES string of the molecule is CC[C@H](C)Oc1ccc(C=Nc2cccc(O)c2)cc1Cl. The number of phenolic OH excluding ortho intramolecular Hbond substituents is 1. The predicted octanol–water partition coefficient (Wildman–Crippen LogP) is 4.97. The van der Waals surface area contributed by atoms with Crippen LogP contribution in [0.4, 0.5) is 5.69 Å². The average Bonchev–Trinajstić information content (AvgIpc) is 2.47. The van der Waals surface area contributed by atoms with Crippen LogP contribution >= 0.6 is 11.6 Å². The van der Waals surface area contributed by atoms with Gasteiger partial charge in [0.1, 0.15) is 11.5 Å². The van der Waals surface area contributed by atoms with Gasteiger partial charge in [0.2, 0.25) is 0 Å². The lowest BCUT2D eigenvalue weighted by atomic mass is 10.2. The summed E-state index contributed by atoms with van der Waals surface area (Å²) in [5, 5.41) is 9.95. The van der Waals surface area contributed by atoms with Crippen molar-refractivity contribution in [3.8, 4) is 11.5 Å². The number of aromatic hydroxyl groups is 1. The highest BCUT2D eigenvalue weighted by Gasteiger charge is 2.06. The molecule has 0 fully saturated rings. The summed E-state index contributed by atoms with van der Waals surface area (Å²) < 4.78 is 5.72. The first kappa shape index (κ1) is 15.4. The Kier molecular flexibility index (Phi) is 5.23. The van der Waals surface area contributed by atoms with Crippen molar-refractivity contribution in [2.45, 2.75) is 26.4 Å². The second-order valence-electron chi connectivity index (χ2n) is 4.80. The van der Waals surface area contributed by atoms with Crippen molar-refractivity contribution < 1.29 is 9.84 Å². The van der Waals surface area contributed by atoms with Gasteiger partial charge < -0.3 is 9.84 Å². The number of nitrogens with zero attached hydrogens (tertiary/aromatic N) is 1.